The third-order valence-electron chi connectivity index (χ3n) is 2.59. The Morgan fingerprint density at radius 3 is 2.60 bits per heavy atom. The summed E-state index contributed by atoms with van der Waals surface area (Å²) in [5.74, 6) is 0.670. The summed E-state index contributed by atoms with van der Waals surface area (Å²) in [7, 11) is 1.42. The van der Waals surface area contributed by atoms with E-state index in [9.17, 15) is 4.79 Å². The monoisotopic (exact) mass is 287 g/mol. The third-order valence-corrected chi connectivity index (χ3v) is 2.59. The first-order valence-electron chi connectivity index (χ1n) is 7.41. The van der Waals surface area contributed by atoms with E-state index in [-0.39, 0.29) is 5.97 Å². The van der Waals surface area contributed by atoms with Crippen LogP contribution in [0, 0.1) is 0 Å². The van der Waals surface area contributed by atoms with E-state index >= 15 is 0 Å². The van der Waals surface area contributed by atoms with Crippen molar-refractivity contribution in [1.29, 1.82) is 0 Å². The van der Waals surface area contributed by atoms with Gasteiger partial charge in [0.25, 0.3) is 0 Å². The Balaban J connectivity index is 3.72. The lowest BCUT2D eigenvalue weighted by Gasteiger charge is -2.11. The zero-order valence-corrected chi connectivity index (χ0v) is 13.0. The number of aliphatic imine (C=N–C) groups is 1. The lowest BCUT2D eigenvalue weighted by atomic mass is 10.2. The van der Waals surface area contributed by atoms with E-state index in [1.807, 2.05) is 13.8 Å². The number of nitrogens with one attached hydrogen (secondary N) is 2. The van der Waals surface area contributed by atoms with Crippen molar-refractivity contribution in [2.75, 3.05) is 40.0 Å². The number of ether oxygens (including phenoxy) is 2. The Morgan fingerprint density at radius 2 is 1.95 bits per heavy atom. The molecular weight excluding hydrogens is 258 g/mol. The molecule has 0 aliphatic heterocycles. The molecule has 0 atom stereocenters. The lowest BCUT2D eigenvalue weighted by molar-refractivity contribution is -0.140. The van der Waals surface area contributed by atoms with Gasteiger partial charge in [0, 0.05) is 39.3 Å². The quantitative estimate of drug-likeness (QED) is 0.259. The Morgan fingerprint density at radius 1 is 1.15 bits per heavy atom. The number of unbranched alkanes of at least 4 members (excludes halogenated alkanes) is 1. The van der Waals surface area contributed by atoms with E-state index in [2.05, 4.69) is 20.4 Å². The number of hydrogen-bond acceptors (Lipinski definition) is 4. The summed E-state index contributed by atoms with van der Waals surface area (Å²) < 4.78 is 9.86. The van der Waals surface area contributed by atoms with Crippen LogP contribution < -0.4 is 10.6 Å². The Hall–Kier alpha value is -1.30. The molecule has 0 aromatic carbocycles. The first-order valence-corrected chi connectivity index (χ1v) is 7.41. The van der Waals surface area contributed by atoms with E-state index in [1.165, 1.54) is 7.11 Å². The molecule has 0 aromatic heterocycles. The summed E-state index contributed by atoms with van der Waals surface area (Å²) in [5, 5.41) is 6.44. The molecule has 0 aliphatic rings. The van der Waals surface area contributed by atoms with Crippen molar-refractivity contribution >= 4 is 11.9 Å². The van der Waals surface area contributed by atoms with Crippen LogP contribution in [0.5, 0.6) is 0 Å². The number of esters is 1. The van der Waals surface area contributed by atoms with E-state index in [0.717, 1.165) is 58.1 Å². The van der Waals surface area contributed by atoms with E-state index in [0.29, 0.717) is 6.42 Å². The molecule has 0 spiro atoms. The second-order valence-electron chi connectivity index (χ2n) is 4.27. The van der Waals surface area contributed by atoms with Crippen molar-refractivity contribution in [1.82, 2.24) is 10.6 Å². The van der Waals surface area contributed by atoms with Gasteiger partial charge in [-0.3, -0.25) is 9.79 Å². The molecule has 118 valence electrons. The predicted molar refractivity (Wildman–Crippen MR) is 81.0 cm³/mol. The van der Waals surface area contributed by atoms with Crippen LogP contribution in [-0.2, 0) is 14.3 Å². The van der Waals surface area contributed by atoms with Gasteiger partial charge in [-0.05, 0) is 33.1 Å². The van der Waals surface area contributed by atoms with Gasteiger partial charge >= 0.3 is 5.97 Å². The summed E-state index contributed by atoms with van der Waals surface area (Å²) in [6.45, 7) is 7.91. The van der Waals surface area contributed by atoms with Gasteiger partial charge in [0.1, 0.15) is 0 Å². The molecule has 0 fully saturated rings. The standard InChI is InChI=1S/C14H29N3O3/c1-4-15-14(17-11-8-12-20-5-2)16-10-7-6-9-13(18)19-3/h4-12H2,1-3H3,(H2,15,16,17). The van der Waals surface area contributed by atoms with Crippen LogP contribution in [0.3, 0.4) is 0 Å². The summed E-state index contributed by atoms with van der Waals surface area (Å²) in [6, 6.07) is 0. The molecule has 0 saturated carbocycles. The first kappa shape index (κ1) is 18.7. The minimum Gasteiger partial charge on any atom is -0.469 e. The topological polar surface area (TPSA) is 72.0 Å². The Kier molecular flexibility index (Phi) is 13.2. The lowest BCUT2D eigenvalue weighted by Crippen LogP contribution is -2.38. The van der Waals surface area contributed by atoms with E-state index in [1.54, 1.807) is 0 Å². The van der Waals surface area contributed by atoms with Gasteiger partial charge in [0.2, 0.25) is 0 Å². The van der Waals surface area contributed by atoms with Crippen LogP contribution >= 0.6 is 0 Å². The number of nitrogens with zero attached hydrogens (tertiary/aromatic N) is 1. The van der Waals surface area contributed by atoms with Crippen molar-refractivity contribution in [2.24, 2.45) is 4.99 Å². The molecule has 0 radical (unpaired) electrons. The van der Waals surface area contributed by atoms with Crippen molar-refractivity contribution in [3.05, 3.63) is 0 Å². The third kappa shape index (κ3) is 11.8. The van der Waals surface area contributed by atoms with Crippen molar-refractivity contribution in [3.63, 3.8) is 0 Å². The molecule has 20 heavy (non-hydrogen) atoms. The van der Waals surface area contributed by atoms with Gasteiger partial charge in [0.15, 0.2) is 5.96 Å². The minimum atomic E-state index is -0.151. The summed E-state index contributed by atoms with van der Waals surface area (Å²) >= 11 is 0. The SMILES string of the molecule is CCNC(=NCCCOCC)NCCCCC(=O)OC. The summed E-state index contributed by atoms with van der Waals surface area (Å²) in [5.41, 5.74) is 0. The van der Waals surface area contributed by atoms with Gasteiger partial charge in [0.05, 0.1) is 7.11 Å². The molecule has 0 saturated heterocycles. The summed E-state index contributed by atoms with van der Waals surface area (Å²) in [4.78, 5) is 15.4. The second kappa shape index (κ2) is 14.1. The highest BCUT2D eigenvalue weighted by Gasteiger charge is 2.00. The van der Waals surface area contributed by atoms with Gasteiger partial charge in [-0.2, -0.15) is 0 Å². The zero-order valence-electron chi connectivity index (χ0n) is 13.0. The Bertz CT molecular complexity index is 270. The van der Waals surface area contributed by atoms with Gasteiger partial charge < -0.3 is 20.1 Å². The van der Waals surface area contributed by atoms with Crippen LogP contribution in [0.25, 0.3) is 0 Å². The number of rotatable bonds is 11. The van der Waals surface area contributed by atoms with Crippen LogP contribution in [0.2, 0.25) is 0 Å². The second-order valence-corrected chi connectivity index (χ2v) is 4.27. The number of carbonyl (C=O) groups is 1. The van der Waals surface area contributed by atoms with Crippen LogP contribution in [0.1, 0.15) is 39.5 Å². The van der Waals surface area contributed by atoms with Gasteiger partial charge in [-0.1, -0.05) is 0 Å². The molecule has 0 unspecified atom stereocenters. The van der Waals surface area contributed by atoms with Gasteiger partial charge in [-0.25, -0.2) is 0 Å². The Labute approximate surface area is 122 Å². The summed E-state index contributed by atoms with van der Waals surface area (Å²) in [6.07, 6.45) is 3.13. The van der Waals surface area contributed by atoms with Crippen LogP contribution in [-0.4, -0.2) is 51.9 Å². The maximum Gasteiger partial charge on any atom is 0.305 e. The first-order chi connectivity index (χ1) is 9.74. The van der Waals surface area contributed by atoms with Crippen LogP contribution in [0.4, 0.5) is 0 Å². The highest BCUT2D eigenvalue weighted by molar-refractivity contribution is 5.79. The molecule has 0 heterocycles. The fourth-order valence-electron chi connectivity index (χ4n) is 1.55. The zero-order chi connectivity index (χ0) is 15.1. The largest absolute Gasteiger partial charge is 0.469 e. The number of methoxy groups -OCH3 is 1. The number of hydrogen-bond donors (Lipinski definition) is 2. The van der Waals surface area contributed by atoms with Crippen LogP contribution in [0.15, 0.2) is 4.99 Å². The number of guanidine groups is 1. The fourth-order valence-corrected chi connectivity index (χ4v) is 1.55. The van der Waals surface area contributed by atoms with Crippen molar-refractivity contribution in [3.8, 4) is 0 Å². The van der Waals surface area contributed by atoms with E-state index in [4.69, 9.17) is 4.74 Å². The number of carbonyl (C=O) groups excluding carboxylic acids is 1. The highest BCUT2D eigenvalue weighted by atomic mass is 16.5. The van der Waals surface area contributed by atoms with Crippen molar-refractivity contribution < 1.29 is 14.3 Å². The highest BCUT2D eigenvalue weighted by Crippen LogP contribution is 1.95. The average Bonchev–Trinajstić information content (AvgIpc) is 2.46. The average molecular weight is 287 g/mol. The smallest absolute Gasteiger partial charge is 0.305 e. The molecule has 0 bridgehead atoms. The minimum absolute atomic E-state index is 0.151. The molecule has 2 N–H and O–H groups in total. The molecule has 0 rings (SSSR count). The predicted octanol–water partition coefficient (Wildman–Crippen LogP) is 1.31. The maximum atomic E-state index is 10.9. The molecule has 0 aliphatic carbocycles. The van der Waals surface area contributed by atoms with Crippen molar-refractivity contribution in [2.45, 2.75) is 39.5 Å². The molecular formula is C14H29N3O3. The molecule has 0 aromatic rings. The normalized spacial score (nSPS) is 11.2. The molecule has 6 heteroatoms. The van der Waals surface area contributed by atoms with Gasteiger partial charge in [-0.15, -0.1) is 0 Å². The van der Waals surface area contributed by atoms with E-state index < -0.39 is 0 Å². The molecule has 0 amide bonds. The fraction of sp³-hybridized carbons (Fsp3) is 0.857. The molecule has 6 nitrogen and oxygen atoms in total. The maximum absolute atomic E-state index is 10.9.